The molecule has 0 aromatic heterocycles. The van der Waals surface area contributed by atoms with Crippen molar-refractivity contribution in [3.8, 4) is 0 Å². The molecule has 0 fully saturated rings. The number of nitrogens with zero attached hydrogens (tertiary/aromatic N) is 1. The minimum absolute atomic E-state index is 0. The summed E-state index contributed by atoms with van der Waals surface area (Å²) in [6.45, 7) is 8.01. The van der Waals surface area contributed by atoms with Gasteiger partial charge in [-0.25, -0.2) is 4.99 Å². The van der Waals surface area contributed by atoms with E-state index in [0.29, 0.717) is 12.6 Å². The molecule has 0 aliphatic heterocycles. The van der Waals surface area contributed by atoms with E-state index in [0.717, 1.165) is 18.9 Å². The summed E-state index contributed by atoms with van der Waals surface area (Å²) in [5, 5.41) is 6.63. The highest BCUT2D eigenvalue weighted by atomic mass is 127. The lowest BCUT2D eigenvalue weighted by atomic mass is 10.2. The fraction of sp³-hybridized carbons (Fsp3) is 0.500. The van der Waals surface area contributed by atoms with Crippen LogP contribution in [0.3, 0.4) is 0 Å². The maximum absolute atomic E-state index is 4.57. The molecular weight excluding hydrogens is 337 g/mol. The molecule has 1 aromatic rings. The first-order chi connectivity index (χ1) is 8.26. The van der Waals surface area contributed by atoms with Gasteiger partial charge in [0, 0.05) is 12.6 Å². The highest BCUT2D eigenvalue weighted by molar-refractivity contribution is 14.0. The Bertz CT molecular complexity index is 338. The van der Waals surface area contributed by atoms with Crippen LogP contribution in [-0.4, -0.2) is 18.5 Å². The third kappa shape index (κ3) is 6.83. The minimum atomic E-state index is 0. The Labute approximate surface area is 127 Å². The Kier molecular flexibility index (Phi) is 9.73. The summed E-state index contributed by atoms with van der Waals surface area (Å²) in [7, 11) is 0. The average Bonchev–Trinajstić information content (AvgIpc) is 2.37. The Morgan fingerprint density at radius 1 is 1.22 bits per heavy atom. The smallest absolute Gasteiger partial charge is 0.191 e. The van der Waals surface area contributed by atoms with Crippen LogP contribution in [0.15, 0.2) is 35.3 Å². The summed E-state index contributed by atoms with van der Waals surface area (Å²) in [4.78, 5) is 4.57. The molecule has 0 aliphatic rings. The molecule has 0 heterocycles. The minimum Gasteiger partial charge on any atom is -0.357 e. The van der Waals surface area contributed by atoms with Crippen LogP contribution in [0.4, 0.5) is 0 Å². The molecule has 1 rings (SSSR count). The standard InChI is InChI=1S/C14H23N3.HI/c1-4-12(3)17-14(15-5-2)16-11-13-9-7-6-8-10-13;/h6-10,12H,4-5,11H2,1-3H3,(H2,15,16,17);1H. The van der Waals surface area contributed by atoms with Gasteiger partial charge in [-0.3, -0.25) is 0 Å². The summed E-state index contributed by atoms with van der Waals surface area (Å²) in [5.41, 5.74) is 1.23. The van der Waals surface area contributed by atoms with Gasteiger partial charge in [0.25, 0.3) is 0 Å². The van der Waals surface area contributed by atoms with E-state index < -0.39 is 0 Å². The number of hydrogen-bond donors (Lipinski definition) is 2. The molecule has 0 spiro atoms. The van der Waals surface area contributed by atoms with Crippen LogP contribution in [0, 0.1) is 0 Å². The molecule has 0 bridgehead atoms. The van der Waals surface area contributed by atoms with Crippen LogP contribution in [0.2, 0.25) is 0 Å². The van der Waals surface area contributed by atoms with Crippen LogP contribution in [0.5, 0.6) is 0 Å². The third-order valence-corrected chi connectivity index (χ3v) is 2.60. The van der Waals surface area contributed by atoms with Crippen molar-refractivity contribution < 1.29 is 0 Å². The molecule has 102 valence electrons. The van der Waals surface area contributed by atoms with Gasteiger partial charge >= 0.3 is 0 Å². The van der Waals surface area contributed by atoms with E-state index in [1.54, 1.807) is 0 Å². The Balaban J connectivity index is 0.00000289. The van der Waals surface area contributed by atoms with Gasteiger partial charge in [0.15, 0.2) is 5.96 Å². The van der Waals surface area contributed by atoms with Crippen molar-refractivity contribution in [1.29, 1.82) is 0 Å². The van der Waals surface area contributed by atoms with E-state index in [1.807, 2.05) is 18.2 Å². The number of rotatable bonds is 5. The summed E-state index contributed by atoms with van der Waals surface area (Å²) < 4.78 is 0. The number of benzene rings is 1. The molecule has 0 amide bonds. The Morgan fingerprint density at radius 2 is 1.89 bits per heavy atom. The highest BCUT2D eigenvalue weighted by Gasteiger charge is 2.01. The van der Waals surface area contributed by atoms with E-state index in [-0.39, 0.29) is 24.0 Å². The topological polar surface area (TPSA) is 36.4 Å². The van der Waals surface area contributed by atoms with Gasteiger partial charge in [0.1, 0.15) is 0 Å². The van der Waals surface area contributed by atoms with Crippen molar-refractivity contribution >= 4 is 29.9 Å². The Morgan fingerprint density at radius 3 is 2.44 bits per heavy atom. The first-order valence-electron chi connectivity index (χ1n) is 6.35. The lowest BCUT2D eigenvalue weighted by Gasteiger charge is -2.16. The number of hydrogen-bond acceptors (Lipinski definition) is 1. The molecule has 1 aromatic carbocycles. The van der Waals surface area contributed by atoms with E-state index in [9.17, 15) is 0 Å². The summed E-state index contributed by atoms with van der Waals surface area (Å²) in [6.07, 6.45) is 1.09. The van der Waals surface area contributed by atoms with Gasteiger partial charge in [-0.2, -0.15) is 0 Å². The second-order valence-electron chi connectivity index (χ2n) is 4.13. The zero-order valence-electron chi connectivity index (χ0n) is 11.4. The number of guanidine groups is 1. The largest absolute Gasteiger partial charge is 0.357 e. The number of aliphatic imine (C=N–C) groups is 1. The van der Waals surface area contributed by atoms with Crippen molar-refractivity contribution in [3.05, 3.63) is 35.9 Å². The summed E-state index contributed by atoms with van der Waals surface area (Å²) >= 11 is 0. The van der Waals surface area contributed by atoms with E-state index in [4.69, 9.17) is 0 Å². The quantitative estimate of drug-likeness (QED) is 0.480. The van der Waals surface area contributed by atoms with Gasteiger partial charge in [0.2, 0.25) is 0 Å². The van der Waals surface area contributed by atoms with Gasteiger partial charge < -0.3 is 10.6 Å². The van der Waals surface area contributed by atoms with E-state index >= 15 is 0 Å². The number of nitrogens with one attached hydrogen (secondary N) is 2. The maximum Gasteiger partial charge on any atom is 0.191 e. The highest BCUT2D eigenvalue weighted by Crippen LogP contribution is 2.00. The maximum atomic E-state index is 4.57. The van der Waals surface area contributed by atoms with Crippen LogP contribution < -0.4 is 10.6 Å². The fourth-order valence-electron chi connectivity index (χ4n) is 1.41. The predicted molar refractivity (Wildman–Crippen MR) is 89.6 cm³/mol. The molecule has 3 nitrogen and oxygen atoms in total. The first-order valence-corrected chi connectivity index (χ1v) is 6.35. The van der Waals surface area contributed by atoms with Crippen molar-refractivity contribution in [2.24, 2.45) is 4.99 Å². The molecule has 0 aliphatic carbocycles. The van der Waals surface area contributed by atoms with Crippen molar-refractivity contribution in [3.63, 3.8) is 0 Å². The molecule has 1 unspecified atom stereocenters. The summed E-state index contributed by atoms with van der Waals surface area (Å²) in [5.74, 6) is 0.894. The fourth-order valence-corrected chi connectivity index (χ4v) is 1.41. The van der Waals surface area contributed by atoms with Crippen molar-refractivity contribution in [2.75, 3.05) is 6.54 Å². The molecular formula is C14H24IN3. The SMILES string of the molecule is CCNC(=NCc1ccccc1)NC(C)CC.I. The zero-order chi connectivity index (χ0) is 12.5. The molecule has 4 heteroatoms. The second-order valence-corrected chi connectivity index (χ2v) is 4.13. The molecule has 18 heavy (non-hydrogen) atoms. The zero-order valence-corrected chi connectivity index (χ0v) is 13.8. The second kappa shape index (κ2) is 10.2. The van der Waals surface area contributed by atoms with Crippen molar-refractivity contribution in [1.82, 2.24) is 10.6 Å². The summed E-state index contributed by atoms with van der Waals surface area (Å²) in [6, 6.07) is 10.7. The lowest BCUT2D eigenvalue weighted by molar-refractivity contribution is 0.624. The Hall–Kier alpha value is -0.780. The van der Waals surface area contributed by atoms with Gasteiger partial charge in [-0.05, 0) is 25.8 Å². The van der Waals surface area contributed by atoms with Gasteiger partial charge in [-0.1, -0.05) is 37.3 Å². The molecule has 0 saturated heterocycles. The molecule has 0 radical (unpaired) electrons. The normalized spacial score (nSPS) is 12.5. The van der Waals surface area contributed by atoms with Crippen LogP contribution >= 0.6 is 24.0 Å². The average molecular weight is 361 g/mol. The number of halogens is 1. The van der Waals surface area contributed by atoms with Crippen molar-refractivity contribution in [2.45, 2.75) is 39.8 Å². The predicted octanol–water partition coefficient (Wildman–Crippen LogP) is 3.16. The molecule has 0 saturated carbocycles. The van der Waals surface area contributed by atoms with Gasteiger partial charge in [0.05, 0.1) is 6.54 Å². The van der Waals surface area contributed by atoms with Crippen LogP contribution in [0.1, 0.15) is 32.8 Å². The first kappa shape index (κ1) is 17.2. The lowest BCUT2D eigenvalue weighted by Crippen LogP contribution is -2.41. The monoisotopic (exact) mass is 361 g/mol. The molecule has 2 N–H and O–H groups in total. The third-order valence-electron chi connectivity index (χ3n) is 2.60. The van der Waals surface area contributed by atoms with Gasteiger partial charge in [-0.15, -0.1) is 24.0 Å². The van der Waals surface area contributed by atoms with Crippen LogP contribution in [-0.2, 0) is 6.54 Å². The molecule has 1 atom stereocenters. The van der Waals surface area contributed by atoms with E-state index in [1.165, 1.54) is 5.56 Å². The van der Waals surface area contributed by atoms with Crippen LogP contribution in [0.25, 0.3) is 0 Å². The van der Waals surface area contributed by atoms with E-state index in [2.05, 4.69) is 48.5 Å².